The molecule has 0 radical (unpaired) electrons. The minimum Gasteiger partial charge on any atom is -0.497 e. The standard InChI is InChI=1S/C22H27N5O4/c1-27-10-9-23-21(27)20(17-5-4-6-18(13-17)30-3)26-22(28)25-15-16-7-8-19(24-14-16)31-12-11-29-2/h4-10,13-14,20H,11-12,15H2,1-3H3,(H2,25,26,28). The van der Waals surface area contributed by atoms with E-state index in [1.807, 2.05) is 48.1 Å². The van der Waals surface area contributed by atoms with Gasteiger partial charge in [-0.1, -0.05) is 18.2 Å². The number of carbonyl (C=O) groups is 1. The summed E-state index contributed by atoms with van der Waals surface area (Å²) in [6.45, 7) is 1.25. The first-order valence-electron chi connectivity index (χ1n) is 9.83. The number of ether oxygens (including phenoxy) is 3. The lowest BCUT2D eigenvalue weighted by Crippen LogP contribution is -2.39. The Morgan fingerprint density at radius 1 is 1.16 bits per heavy atom. The van der Waals surface area contributed by atoms with Crippen LogP contribution in [0.4, 0.5) is 4.79 Å². The quantitative estimate of drug-likeness (QED) is 0.484. The van der Waals surface area contributed by atoms with E-state index in [4.69, 9.17) is 14.2 Å². The minimum absolute atomic E-state index is 0.322. The second kappa shape index (κ2) is 11.0. The van der Waals surface area contributed by atoms with E-state index in [1.165, 1.54) is 0 Å². The molecule has 0 bridgehead atoms. The summed E-state index contributed by atoms with van der Waals surface area (Å²) in [6.07, 6.45) is 5.20. The number of benzene rings is 1. The van der Waals surface area contributed by atoms with E-state index < -0.39 is 6.04 Å². The zero-order valence-corrected chi connectivity index (χ0v) is 17.9. The first-order chi connectivity index (χ1) is 15.1. The second-order valence-electron chi connectivity index (χ2n) is 6.78. The van der Waals surface area contributed by atoms with Crippen molar-refractivity contribution in [2.45, 2.75) is 12.6 Å². The summed E-state index contributed by atoms with van der Waals surface area (Å²) in [4.78, 5) is 21.3. The number of imidazole rings is 1. The monoisotopic (exact) mass is 425 g/mol. The summed E-state index contributed by atoms with van der Waals surface area (Å²) in [7, 11) is 5.11. The van der Waals surface area contributed by atoms with Gasteiger partial charge in [-0.25, -0.2) is 14.8 Å². The lowest BCUT2D eigenvalue weighted by atomic mass is 10.1. The van der Waals surface area contributed by atoms with Crippen molar-refractivity contribution in [2.75, 3.05) is 27.4 Å². The number of carbonyl (C=O) groups excluding carboxylic acids is 1. The fourth-order valence-electron chi connectivity index (χ4n) is 2.97. The van der Waals surface area contributed by atoms with Crippen molar-refractivity contribution in [1.29, 1.82) is 0 Å². The molecule has 164 valence electrons. The second-order valence-corrected chi connectivity index (χ2v) is 6.78. The van der Waals surface area contributed by atoms with Gasteiger partial charge in [0.1, 0.15) is 24.2 Å². The van der Waals surface area contributed by atoms with E-state index in [9.17, 15) is 4.79 Å². The first-order valence-corrected chi connectivity index (χ1v) is 9.83. The highest BCUT2D eigenvalue weighted by molar-refractivity contribution is 5.74. The smallest absolute Gasteiger partial charge is 0.315 e. The summed E-state index contributed by atoms with van der Waals surface area (Å²) < 4.78 is 17.6. The number of methoxy groups -OCH3 is 2. The van der Waals surface area contributed by atoms with Crippen molar-refractivity contribution in [2.24, 2.45) is 7.05 Å². The molecule has 2 amide bonds. The Kier molecular flexibility index (Phi) is 7.83. The first kappa shape index (κ1) is 22.1. The molecule has 9 heteroatoms. The fraction of sp³-hybridized carbons (Fsp3) is 0.318. The molecular weight excluding hydrogens is 398 g/mol. The lowest BCUT2D eigenvalue weighted by molar-refractivity contribution is 0.143. The molecule has 2 N–H and O–H groups in total. The van der Waals surface area contributed by atoms with E-state index in [1.54, 1.807) is 32.7 Å². The van der Waals surface area contributed by atoms with E-state index in [0.29, 0.717) is 37.2 Å². The molecule has 31 heavy (non-hydrogen) atoms. The van der Waals surface area contributed by atoms with Gasteiger partial charge in [0.2, 0.25) is 5.88 Å². The molecule has 0 fully saturated rings. The molecule has 2 aromatic heterocycles. The molecule has 2 heterocycles. The van der Waals surface area contributed by atoms with Crippen molar-refractivity contribution in [3.63, 3.8) is 0 Å². The third kappa shape index (κ3) is 6.19. The molecule has 1 atom stereocenters. The predicted molar refractivity (Wildman–Crippen MR) is 115 cm³/mol. The van der Waals surface area contributed by atoms with Gasteiger partial charge in [-0.05, 0) is 23.3 Å². The predicted octanol–water partition coefficient (Wildman–Crippen LogP) is 2.44. The number of hydrogen-bond acceptors (Lipinski definition) is 6. The average molecular weight is 425 g/mol. The average Bonchev–Trinajstić information content (AvgIpc) is 3.22. The molecular formula is C22H27N5O4. The molecule has 1 aromatic carbocycles. The molecule has 0 saturated carbocycles. The third-order valence-electron chi connectivity index (χ3n) is 4.61. The molecule has 1 unspecified atom stereocenters. The van der Waals surface area contributed by atoms with Gasteiger partial charge >= 0.3 is 6.03 Å². The number of aromatic nitrogens is 3. The largest absolute Gasteiger partial charge is 0.497 e. The molecule has 0 aliphatic carbocycles. The molecule has 3 aromatic rings. The minimum atomic E-state index is -0.440. The SMILES string of the molecule is COCCOc1ccc(CNC(=O)NC(c2cccc(OC)c2)c2nccn2C)cn1. The van der Waals surface area contributed by atoms with Crippen LogP contribution in [0.5, 0.6) is 11.6 Å². The van der Waals surface area contributed by atoms with Crippen LogP contribution in [0.1, 0.15) is 23.0 Å². The molecule has 0 aliphatic heterocycles. The highest BCUT2D eigenvalue weighted by atomic mass is 16.5. The van der Waals surface area contributed by atoms with Crippen LogP contribution in [-0.2, 0) is 18.3 Å². The fourth-order valence-corrected chi connectivity index (χ4v) is 2.97. The molecule has 0 spiro atoms. The Bertz CT molecular complexity index is 974. The van der Waals surface area contributed by atoms with Crippen molar-refractivity contribution in [3.8, 4) is 11.6 Å². The van der Waals surface area contributed by atoms with Gasteiger partial charge in [-0.3, -0.25) is 0 Å². The van der Waals surface area contributed by atoms with Crippen LogP contribution >= 0.6 is 0 Å². The Morgan fingerprint density at radius 3 is 2.71 bits per heavy atom. The van der Waals surface area contributed by atoms with E-state index >= 15 is 0 Å². The van der Waals surface area contributed by atoms with Crippen LogP contribution in [0, 0.1) is 0 Å². The Hall–Kier alpha value is -3.59. The van der Waals surface area contributed by atoms with Gasteiger partial charge in [0.25, 0.3) is 0 Å². The van der Waals surface area contributed by atoms with Crippen LogP contribution in [0.15, 0.2) is 55.0 Å². The molecule has 0 aliphatic rings. The summed E-state index contributed by atoms with van der Waals surface area (Å²) in [5.41, 5.74) is 1.71. The summed E-state index contributed by atoms with van der Waals surface area (Å²) in [5, 5.41) is 5.86. The maximum atomic E-state index is 12.7. The highest BCUT2D eigenvalue weighted by Crippen LogP contribution is 2.24. The number of pyridine rings is 1. The molecule has 3 rings (SSSR count). The van der Waals surface area contributed by atoms with Crippen molar-refractivity contribution in [3.05, 3.63) is 71.9 Å². The zero-order chi connectivity index (χ0) is 22.1. The summed E-state index contributed by atoms with van der Waals surface area (Å²) in [6, 6.07) is 10.4. The summed E-state index contributed by atoms with van der Waals surface area (Å²) >= 11 is 0. The van der Waals surface area contributed by atoms with Crippen molar-refractivity contribution in [1.82, 2.24) is 25.2 Å². The van der Waals surface area contributed by atoms with Crippen LogP contribution in [0.3, 0.4) is 0 Å². The Balaban J connectivity index is 1.63. The molecule has 9 nitrogen and oxygen atoms in total. The normalized spacial score (nSPS) is 11.6. The van der Waals surface area contributed by atoms with Gasteiger partial charge in [0.15, 0.2) is 0 Å². The Morgan fingerprint density at radius 2 is 2.03 bits per heavy atom. The number of rotatable bonds is 10. The zero-order valence-electron chi connectivity index (χ0n) is 17.9. The van der Waals surface area contributed by atoms with Gasteiger partial charge in [0, 0.05) is 45.4 Å². The van der Waals surface area contributed by atoms with Crippen molar-refractivity contribution < 1.29 is 19.0 Å². The van der Waals surface area contributed by atoms with Crippen LogP contribution < -0.4 is 20.1 Å². The van der Waals surface area contributed by atoms with E-state index in [-0.39, 0.29) is 6.03 Å². The number of amides is 2. The number of urea groups is 1. The highest BCUT2D eigenvalue weighted by Gasteiger charge is 2.21. The molecule has 0 saturated heterocycles. The number of nitrogens with one attached hydrogen (secondary N) is 2. The van der Waals surface area contributed by atoms with Gasteiger partial charge in [-0.15, -0.1) is 0 Å². The van der Waals surface area contributed by atoms with Crippen molar-refractivity contribution >= 4 is 6.03 Å². The van der Waals surface area contributed by atoms with Crippen LogP contribution in [-0.4, -0.2) is 48.0 Å². The number of aryl methyl sites for hydroxylation is 1. The maximum absolute atomic E-state index is 12.7. The maximum Gasteiger partial charge on any atom is 0.315 e. The van der Waals surface area contributed by atoms with Crippen LogP contribution in [0.25, 0.3) is 0 Å². The van der Waals surface area contributed by atoms with E-state index in [0.717, 1.165) is 11.1 Å². The summed E-state index contributed by atoms with van der Waals surface area (Å²) in [5.74, 6) is 1.93. The third-order valence-corrected chi connectivity index (χ3v) is 4.61. The Labute approximate surface area is 181 Å². The van der Waals surface area contributed by atoms with Gasteiger partial charge < -0.3 is 29.4 Å². The topological polar surface area (TPSA) is 99.5 Å². The number of hydrogen-bond donors (Lipinski definition) is 2. The van der Waals surface area contributed by atoms with Crippen LogP contribution in [0.2, 0.25) is 0 Å². The number of nitrogens with zero attached hydrogens (tertiary/aromatic N) is 3. The lowest BCUT2D eigenvalue weighted by Gasteiger charge is -2.20. The van der Waals surface area contributed by atoms with Gasteiger partial charge in [0.05, 0.1) is 13.7 Å². The van der Waals surface area contributed by atoms with E-state index in [2.05, 4.69) is 20.6 Å². The van der Waals surface area contributed by atoms with Gasteiger partial charge in [-0.2, -0.15) is 0 Å².